The van der Waals surface area contributed by atoms with Crippen LogP contribution in [0, 0.1) is 0 Å². The standard InChI is InChI=1S/C18H19F2N3O3/c19-18(20,10-21)11-22-16(24)14-8-12-4-1-2-5-13(12)9-23(14)17(25)15-6-3-7-26-15/h1-7,14H,8-11,21H2,(H,22,24). The second kappa shape index (κ2) is 7.25. The number of carbonyl (C=O) groups excluding carboxylic acids is 2. The van der Waals surface area contributed by atoms with Gasteiger partial charge < -0.3 is 20.4 Å². The Morgan fingerprint density at radius 1 is 1.23 bits per heavy atom. The van der Waals surface area contributed by atoms with E-state index in [9.17, 15) is 18.4 Å². The highest BCUT2D eigenvalue weighted by molar-refractivity contribution is 5.96. The van der Waals surface area contributed by atoms with E-state index in [0.717, 1.165) is 11.1 Å². The number of carbonyl (C=O) groups is 2. The molecule has 2 amide bonds. The van der Waals surface area contributed by atoms with Crippen LogP contribution in [0.5, 0.6) is 0 Å². The Balaban J connectivity index is 1.84. The molecule has 1 atom stereocenters. The van der Waals surface area contributed by atoms with Crippen molar-refractivity contribution in [3.8, 4) is 0 Å². The molecule has 8 heteroatoms. The smallest absolute Gasteiger partial charge is 0.290 e. The van der Waals surface area contributed by atoms with Crippen LogP contribution in [0.1, 0.15) is 21.7 Å². The summed E-state index contributed by atoms with van der Waals surface area (Å²) >= 11 is 0. The van der Waals surface area contributed by atoms with Crippen molar-refractivity contribution >= 4 is 11.8 Å². The van der Waals surface area contributed by atoms with Gasteiger partial charge in [-0.05, 0) is 23.3 Å². The second-order valence-corrected chi connectivity index (χ2v) is 6.18. The van der Waals surface area contributed by atoms with E-state index in [0.29, 0.717) is 0 Å². The van der Waals surface area contributed by atoms with Gasteiger partial charge in [0.15, 0.2) is 5.76 Å². The fourth-order valence-corrected chi connectivity index (χ4v) is 2.92. The summed E-state index contributed by atoms with van der Waals surface area (Å²) < 4.78 is 31.9. The van der Waals surface area contributed by atoms with Gasteiger partial charge in [0.05, 0.1) is 19.4 Å². The topological polar surface area (TPSA) is 88.6 Å². The van der Waals surface area contributed by atoms with E-state index in [1.165, 1.54) is 17.2 Å². The Morgan fingerprint density at radius 2 is 1.96 bits per heavy atom. The van der Waals surface area contributed by atoms with Gasteiger partial charge in [-0.2, -0.15) is 0 Å². The van der Waals surface area contributed by atoms with Crippen LogP contribution in [0.25, 0.3) is 0 Å². The van der Waals surface area contributed by atoms with Crippen LogP contribution in [0.2, 0.25) is 0 Å². The molecule has 0 spiro atoms. The molecule has 3 N–H and O–H groups in total. The molecule has 1 aromatic carbocycles. The summed E-state index contributed by atoms with van der Waals surface area (Å²) in [6, 6.07) is 9.57. The minimum Gasteiger partial charge on any atom is -0.459 e. The molecule has 1 aromatic heterocycles. The molecule has 6 nitrogen and oxygen atoms in total. The fraction of sp³-hybridized carbons (Fsp3) is 0.333. The van der Waals surface area contributed by atoms with Crippen molar-refractivity contribution < 1.29 is 22.8 Å². The van der Waals surface area contributed by atoms with Crippen LogP contribution in [0.3, 0.4) is 0 Å². The summed E-state index contributed by atoms with van der Waals surface area (Å²) in [5.74, 6) is -4.21. The maximum Gasteiger partial charge on any atom is 0.290 e. The minimum atomic E-state index is -3.20. The number of amides is 2. The monoisotopic (exact) mass is 363 g/mol. The zero-order valence-electron chi connectivity index (χ0n) is 14.0. The van der Waals surface area contributed by atoms with E-state index in [1.54, 1.807) is 6.07 Å². The third-order valence-electron chi connectivity index (χ3n) is 4.36. The maximum absolute atomic E-state index is 13.4. The molecule has 0 saturated carbocycles. The van der Waals surface area contributed by atoms with Gasteiger partial charge in [-0.25, -0.2) is 8.78 Å². The van der Waals surface area contributed by atoms with E-state index in [1.807, 2.05) is 24.3 Å². The van der Waals surface area contributed by atoms with Crippen molar-refractivity contribution in [3.05, 3.63) is 59.5 Å². The lowest BCUT2D eigenvalue weighted by atomic mass is 9.93. The molecule has 1 aliphatic rings. The molecule has 2 aromatic rings. The van der Waals surface area contributed by atoms with E-state index >= 15 is 0 Å². The number of hydrogen-bond acceptors (Lipinski definition) is 4. The average molecular weight is 363 g/mol. The molecular weight excluding hydrogens is 344 g/mol. The predicted octanol–water partition coefficient (Wildman–Crippen LogP) is 1.56. The Bertz CT molecular complexity index is 793. The summed E-state index contributed by atoms with van der Waals surface area (Å²) in [5.41, 5.74) is 6.81. The number of hydrogen-bond donors (Lipinski definition) is 2. The van der Waals surface area contributed by atoms with Crippen molar-refractivity contribution in [2.24, 2.45) is 5.73 Å². The van der Waals surface area contributed by atoms with Crippen LogP contribution in [0.15, 0.2) is 47.1 Å². The lowest BCUT2D eigenvalue weighted by Crippen LogP contribution is -2.54. The van der Waals surface area contributed by atoms with Crippen LogP contribution >= 0.6 is 0 Å². The molecule has 1 unspecified atom stereocenters. The van der Waals surface area contributed by atoms with Crippen molar-refractivity contribution in [2.75, 3.05) is 13.1 Å². The molecule has 0 fully saturated rings. The average Bonchev–Trinajstić information content (AvgIpc) is 3.19. The first-order chi connectivity index (χ1) is 12.4. The summed E-state index contributed by atoms with van der Waals surface area (Å²) in [7, 11) is 0. The summed E-state index contributed by atoms with van der Waals surface area (Å²) in [4.78, 5) is 26.6. The third kappa shape index (κ3) is 3.75. The summed E-state index contributed by atoms with van der Waals surface area (Å²) in [5, 5.41) is 2.21. The van der Waals surface area contributed by atoms with Gasteiger partial charge in [-0.3, -0.25) is 9.59 Å². The van der Waals surface area contributed by atoms with Crippen LogP contribution in [-0.4, -0.2) is 41.8 Å². The van der Waals surface area contributed by atoms with Gasteiger partial charge in [-0.15, -0.1) is 0 Å². The predicted molar refractivity (Wildman–Crippen MR) is 89.5 cm³/mol. The molecule has 0 saturated heterocycles. The number of fused-ring (bicyclic) bond motifs is 1. The number of nitrogens with one attached hydrogen (secondary N) is 1. The van der Waals surface area contributed by atoms with E-state index in [4.69, 9.17) is 10.2 Å². The molecular formula is C18H19F2N3O3. The normalized spacial score (nSPS) is 16.9. The zero-order chi connectivity index (χ0) is 18.7. The molecule has 26 heavy (non-hydrogen) atoms. The second-order valence-electron chi connectivity index (χ2n) is 6.18. The quantitative estimate of drug-likeness (QED) is 0.844. The number of benzene rings is 1. The van der Waals surface area contributed by atoms with Gasteiger partial charge in [0.1, 0.15) is 6.04 Å². The highest BCUT2D eigenvalue weighted by atomic mass is 19.3. The van der Waals surface area contributed by atoms with Crippen molar-refractivity contribution in [1.29, 1.82) is 0 Å². The summed E-state index contributed by atoms with van der Waals surface area (Å²) in [6.07, 6.45) is 1.60. The molecule has 138 valence electrons. The van der Waals surface area contributed by atoms with Crippen LogP contribution < -0.4 is 11.1 Å². The van der Waals surface area contributed by atoms with Gasteiger partial charge in [0.25, 0.3) is 11.8 Å². The zero-order valence-corrected chi connectivity index (χ0v) is 14.0. The molecule has 0 bridgehead atoms. The number of furan rings is 1. The van der Waals surface area contributed by atoms with Crippen molar-refractivity contribution in [2.45, 2.75) is 24.9 Å². The number of nitrogens with zero attached hydrogens (tertiary/aromatic N) is 1. The Morgan fingerprint density at radius 3 is 2.62 bits per heavy atom. The van der Waals surface area contributed by atoms with Crippen LogP contribution in [-0.2, 0) is 17.8 Å². The Labute approximate surface area is 149 Å². The first kappa shape index (κ1) is 18.1. The third-order valence-corrected chi connectivity index (χ3v) is 4.36. The Hall–Kier alpha value is -2.74. The first-order valence-electron chi connectivity index (χ1n) is 8.18. The van der Waals surface area contributed by atoms with E-state index in [-0.39, 0.29) is 18.7 Å². The SMILES string of the molecule is NCC(F)(F)CNC(=O)C1Cc2ccccc2CN1C(=O)c1ccco1. The number of rotatable bonds is 5. The highest BCUT2D eigenvalue weighted by Gasteiger charge is 2.37. The van der Waals surface area contributed by atoms with Crippen molar-refractivity contribution in [1.82, 2.24) is 10.2 Å². The number of halogens is 2. The first-order valence-corrected chi connectivity index (χ1v) is 8.18. The molecule has 0 aliphatic carbocycles. The van der Waals surface area contributed by atoms with Gasteiger partial charge >= 0.3 is 0 Å². The number of alkyl halides is 2. The lowest BCUT2D eigenvalue weighted by molar-refractivity contribution is -0.128. The number of nitrogens with two attached hydrogens (primary N) is 1. The van der Waals surface area contributed by atoms with Gasteiger partial charge in [-0.1, -0.05) is 24.3 Å². The van der Waals surface area contributed by atoms with Crippen molar-refractivity contribution in [3.63, 3.8) is 0 Å². The van der Waals surface area contributed by atoms with Crippen LogP contribution in [0.4, 0.5) is 8.78 Å². The molecule has 1 aliphatic heterocycles. The van der Waals surface area contributed by atoms with E-state index < -0.39 is 36.9 Å². The fourth-order valence-electron chi connectivity index (χ4n) is 2.92. The maximum atomic E-state index is 13.4. The lowest BCUT2D eigenvalue weighted by Gasteiger charge is -2.35. The minimum absolute atomic E-state index is 0.0921. The molecule has 3 rings (SSSR count). The van der Waals surface area contributed by atoms with Gasteiger partial charge in [0.2, 0.25) is 5.91 Å². The van der Waals surface area contributed by atoms with E-state index in [2.05, 4.69) is 5.32 Å². The van der Waals surface area contributed by atoms with Gasteiger partial charge in [0, 0.05) is 13.0 Å². The summed E-state index contributed by atoms with van der Waals surface area (Å²) in [6.45, 7) is -1.54. The molecule has 0 radical (unpaired) electrons. The highest BCUT2D eigenvalue weighted by Crippen LogP contribution is 2.25. The Kier molecular flexibility index (Phi) is 5.03. The largest absolute Gasteiger partial charge is 0.459 e. The molecule has 2 heterocycles.